The normalized spacial score (nSPS) is 27.7. The number of methoxy groups -OCH3 is 1. The van der Waals surface area contributed by atoms with Gasteiger partial charge in [0, 0.05) is 38.5 Å². The molecule has 1 aliphatic rings. The summed E-state index contributed by atoms with van der Waals surface area (Å²) in [5, 5.41) is 2.84. The highest BCUT2D eigenvalue weighted by Gasteiger charge is 2.35. The van der Waals surface area contributed by atoms with Crippen molar-refractivity contribution in [2.45, 2.75) is 18.9 Å². The van der Waals surface area contributed by atoms with Crippen LogP contribution in [0.15, 0.2) is 0 Å². The summed E-state index contributed by atoms with van der Waals surface area (Å²) < 4.78 is 10.7. The van der Waals surface area contributed by atoms with Gasteiger partial charge in [-0.25, -0.2) is 0 Å². The molecule has 0 spiro atoms. The number of hydrogen-bond acceptors (Lipinski definition) is 3. The van der Waals surface area contributed by atoms with Gasteiger partial charge in [-0.1, -0.05) is 6.92 Å². The lowest BCUT2D eigenvalue weighted by Crippen LogP contribution is -2.46. The van der Waals surface area contributed by atoms with E-state index in [1.807, 2.05) is 0 Å². The summed E-state index contributed by atoms with van der Waals surface area (Å²) in [7, 11) is 1.64. The topological polar surface area (TPSA) is 47.6 Å². The van der Waals surface area contributed by atoms with Gasteiger partial charge in [0.15, 0.2) is 0 Å². The van der Waals surface area contributed by atoms with Crippen LogP contribution in [0.1, 0.15) is 13.3 Å². The van der Waals surface area contributed by atoms with E-state index in [1.165, 1.54) is 0 Å². The minimum atomic E-state index is -0.346. The molecule has 1 amide bonds. The van der Waals surface area contributed by atoms with E-state index >= 15 is 0 Å². The summed E-state index contributed by atoms with van der Waals surface area (Å²) >= 11 is 5.59. The molecule has 1 aliphatic heterocycles. The number of halogens is 1. The fourth-order valence-corrected chi connectivity index (χ4v) is 1.59. The molecule has 4 nitrogen and oxygen atoms in total. The number of rotatable bonds is 5. The first-order chi connectivity index (χ1) is 7.13. The van der Waals surface area contributed by atoms with E-state index in [1.54, 1.807) is 14.0 Å². The third-order valence-corrected chi connectivity index (χ3v) is 3.23. The second-order valence-electron chi connectivity index (χ2n) is 3.96. The quantitative estimate of drug-likeness (QED) is 0.717. The maximum absolute atomic E-state index is 11.5. The van der Waals surface area contributed by atoms with Gasteiger partial charge in [0.25, 0.3) is 0 Å². The monoisotopic (exact) mass is 235 g/mol. The van der Waals surface area contributed by atoms with E-state index in [-0.39, 0.29) is 17.4 Å². The van der Waals surface area contributed by atoms with Crippen molar-refractivity contribution < 1.29 is 14.3 Å². The van der Waals surface area contributed by atoms with E-state index in [2.05, 4.69) is 5.32 Å². The molecule has 0 radical (unpaired) electrons. The average Bonchev–Trinajstić information content (AvgIpc) is 2.74. The number of ether oxygens (including phenoxy) is 2. The van der Waals surface area contributed by atoms with E-state index in [0.717, 1.165) is 6.42 Å². The van der Waals surface area contributed by atoms with Crippen molar-refractivity contribution in [1.82, 2.24) is 5.32 Å². The van der Waals surface area contributed by atoms with Gasteiger partial charge in [-0.2, -0.15) is 0 Å². The maximum atomic E-state index is 11.5. The molecule has 0 saturated carbocycles. The summed E-state index contributed by atoms with van der Waals surface area (Å²) in [4.78, 5) is 11.5. The predicted molar refractivity (Wildman–Crippen MR) is 58.1 cm³/mol. The van der Waals surface area contributed by atoms with Crippen molar-refractivity contribution in [3.8, 4) is 0 Å². The molecule has 2 unspecified atom stereocenters. The summed E-state index contributed by atoms with van der Waals surface area (Å²) in [5.41, 5.74) is -0.346. The third kappa shape index (κ3) is 3.33. The number of amides is 1. The lowest BCUT2D eigenvalue weighted by molar-refractivity contribution is -0.125. The first-order valence-electron chi connectivity index (χ1n) is 5.10. The summed E-state index contributed by atoms with van der Waals surface area (Å²) in [6, 6.07) is 0. The Morgan fingerprint density at radius 3 is 2.93 bits per heavy atom. The van der Waals surface area contributed by atoms with Crippen LogP contribution < -0.4 is 5.32 Å². The van der Waals surface area contributed by atoms with Gasteiger partial charge in [0.05, 0.1) is 6.61 Å². The van der Waals surface area contributed by atoms with Gasteiger partial charge in [-0.05, 0) is 0 Å². The van der Waals surface area contributed by atoms with Crippen molar-refractivity contribution in [3.05, 3.63) is 0 Å². The number of alkyl halides is 1. The highest BCUT2D eigenvalue weighted by Crippen LogP contribution is 2.21. The fraction of sp³-hybridized carbons (Fsp3) is 0.900. The summed E-state index contributed by atoms with van der Waals surface area (Å²) in [6.07, 6.45) is 0.818. The van der Waals surface area contributed by atoms with E-state index < -0.39 is 0 Å². The molecule has 15 heavy (non-hydrogen) atoms. The SMILES string of the molecule is COC1(CNC(=O)C(C)CCl)CCOC1. The zero-order valence-corrected chi connectivity index (χ0v) is 9.97. The largest absolute Gasteiger partial charge is 0.378 e. The van der Waals surface area contributed by atoms with Gasteiger partial charge in [-0.15, -0.1) is 11.6 Å². The number of hydrogen-bond donors (Lipinski definition) is 1. The van der Waals surface area contributed by atoms with Crippen LogP contribution in [-0.2, 0) is 14.3 Å². The Balaban J connectivity index is 2.37. The Labute approximate surface area is 95.3 Å². The molecule has 1 rings (SSSR count). The van der Waals surface area contributed by atoms with Crippen LogP contribution in [0.3, 0.4) is 0 Å². The van der Waals surface area contributed by atoms with Crippen LogP contribution in [0.25, 0.3) is 0 Å². The average molecular weight is 236 g/mol. The molecule has 88 valence electrons. The molecule has 0 aromatic rings. The predicted octanol–water partition coefficient (Wildman–Crippen LogP) is 0.783. The highest BCUT2D eigenvalue weighted by atomic mass is 35.5. The van der Waals surface area contributed by atoms with E-state index in [4.69, 9.17) is 21.1 Å². The van der Waals surface area contributed by atoms with Crippen molar-refractivity contribution >= 4 is 17.5 Å². The second-order valence-corrected chi connectivity index (χ2v) is 4.27. The van der Waals surface area contributed by atoms with Crippen LogP contribution in [0.5, 0.6) is 0 Å². The molecule has 2 atom stereocenters. The first-order valence-corrected chi connectivity index (χ1v) is 5.63. The Hall–Kier alpha value is -0.320. The molecule has 0 bridgehead atoms. The molecule has 1 fully saturated rings. The van der Waals surface area contributed by atoms with Crippen LogP contribution >= 0.6 is 11.6 Å². The van der Waals surface area contributed by atoms with Crippen molar-refractivity contribution in [1.29, 1.82) is 0 Å². The van der Waals surface area contributed by atoms with Crippen LogP contribution in [-0.4, -0.2) is 44.3 Å². The third-order valence-electron chi connectivity index (χ3n) is 2.76. The molecule has 1 N–H and O–H groups in total. The van der Waals surface area contributed by atoms with Crippen molar-refractivity contribution in [2.24, 2.45) is 5.92 Å². The molecule has 0 aliphatic carbocycles. The van der Waals surface area contributed by atoms with Gasteiger partial charge in [-0.3, -0.25) is 4.79 Å². The summed E-state index contributed by atoms with van der Waals surface area (Å²) in [6.45, 7) is 3.52. The van der Waals surface area contributed by atoms with E-state index in [9.17, 15) is 4.79 Å². The van der Waals surface area contributed by atoms with Crippen LogP contribution in [0.4, 0.5) is 0 Å². The molecule has 0 aromatic carbocycles. The fourth-order valence-electron chi connectivity index (χ4n) is 1.45. The van der Waals surface area contributed by atoms with Gasteiger partial charge < -0.3 is 14.8 Å². The number of nitrogens with one attached hydrogen (secondary N) is 1. The minimum Gasteiger partial charge on any atom is -0.378 e. The Morgan fingerprint density at radius 2 is 2.47 bits per heavy atom. The minimum absolute atomic E-state index is 0.0340. The zero-order chi connectivity index (χ0) is 11.3. The maximum Gasteiger partial charge on any atom is 0.224 e. The molecule has 1 saturated heterocycles. The standard InChI is InChI=1S/C10H18ClNO3/c1-8(5-11)9(13)12-6-10(14-2)3-4-15-7-10/h8H,3-7H2,1-2H3,(H,12,13). The Morgan fingerprint density at radius 1 is 1.73 bits per heavy atom. The van der Waals surface area contributed by atoms with Crippen LogP contribution in [0, 0.1) is 5.92 Å². The molecular weight excluding hydrogens is 218 g/mol. The highest BCUT2D eigenvalue weighted by molar-refractivity contribution is 6.19. The lowest BCUT2D eigenvalue weighted by Gasteiger charge is -2.26. The molecule has 0 aromatic heterocycles. The van der Waals surface area contributed by atoms with Gasteiger partial charge >= 0.3 is 0 Å². The molecule has 5 heteroatoms. The lowest BCUT2D eigenvalue weighted by atomic mass is 10.0. The summed E-state index contributed by atoms with van der Waals surface area (Å²) in [5.74, 6) is 0.138. The number of carbonyl (C=O) groups excluding carboxylic acids is 1. The van der Waals surface area contributed by atoms with Crippen LogP contribution in [0.2, 0.25) is 0 Å². The van der Waals surface area contributed by atoms with E-state index in [0.29, 0.717) is 25.6 Å². The first kappa shape index (κ1) is 12.7. The smallest absolute Gasteiger partial charge is 0.224 e. The second kappa shape index (κ2) is 5.68. The number of carbonyl (C=O) groups is 1. The van der Waals surface area contributed by atoms with Crippen molar-refractivity contribution in [3.63, 3.8) is 0 Å². The Bertz CT molecular complexity index is 217. The molecule has 1 heterocycles. The Kier molecular flexibility index (Phi) is 4.83. The van der Waals surface area contributed by atoms with Gasteiger partial charge in [0.1, 0.15) is 5.60 Å². The van der Waals surface area contributed by atoms with Gasteiger partial charge in [0.2, 0.25) is 5.91 Å². The van der Waals surface area contributed by atoms with Crippen molar-refractivity contribution in [2.75, 3.05) is 32.7 Å². The zero-order valence-electron chi connectivity index (χ0n) is 9.22. The molecular formula is C10H18ClNO3.